The number of hydrogen-bond acceptors (Lipinski definition) is 7. The lowest BCUT2D eigenvalue weighted by atomic mass is 9.74. The molecule has 9 nitrogen and oxygen atoms in total. The standard InChI is InChI=1S/C35H31ClN4O5S/c1-35(40-37-30-11-7-8-12-31(30)38-40,26-19-20-39(23-26)46(42,43)28-9-5-4-6-10-28)29(24-13-16-27(36)17-14-24)22-32(41)25-15-18-33(44-2)34(21-25)45-3/h4-21,23,29H,22H2,1-3H3. The number of ether oxygens (including phenoxy) is 2. The molecule has 0 fully saturated rings. The SMILES string of the molecule is COc1ccc(C(=O)CC(c2ccc(Cl)cc2)C(C)(c2ccn(S(=O)(=O)c3ccccc3)c2)n2nc3ccccc3n2)cc1OC. The number of aromatic nitrogens is 4. The lowest BCUT2D eigenvalue weighted by Gasteiger charge is -2.37. The zero-order valence-corrected chi connectivity index (χ0v) is 26.9. The quantitative estimate of drug-likeness (QED) is 0.139. The van der Waals surface area contributed by atoms with Crippen molar-refractivity contribution in [2.24, 2.45) is 0 Å². The number of fused-ring (bicyclic) bond motifs is 1. The van der Waals surface area contributed by atoms with Crippen molar-refractivity contribution in [2.45, 2.75) is 29.7 Å². The molecule has 0 aliphatic rings. The van der Waals surface area contributed by atoms with Gasteiger partial charge in [0.25, 0.3) is 10.0 Å². The molecule has 0 aliphatic heterocycles. The smallest absolute Gasteiger partial charge is 0.267 e. The molecule has 0 saturated carbocycles. The predicted octanol–water partition coefficient (Wildman–Crippen LogP) is 6.96. The first-order valence-electron chi connectivity index (χ1n) is 14.5. The van der Waals surface area contributed by atoms with Crippen LogP contribution >= 0.6 is 11.6 Å². The number of hydrogen-bond donors (Lipinski definition) is 0. The van der Waals surface area contributed by atoms with E-state index in [1.807, 2.05) is 43.3 Å². The Morgan fingerprint density at radius 3 is 2.11 bits per heavy atom. The fourth-order valence-electron chi connectivity index (χ4n) is 5.71. The normalized spacial score (nSPS) is 13.7. The highest BCUT2D eigenvalue weighted by atomic mass is 35.5. The summed E-state index contributed by atoms with van der Waals surface area (Å²) in [6.07, 6.45) is 3.09. The van der Waals surface area contributed by atoms with Gasteiger partial charge in [-0.25, -0.2) is 12.4 Å². The fraction of sp³-hybridized carbons (Fsp3) is 0.171. The molecule has 2 aromatic heterocycles. The van der Waals surface area contributed by atoms with Crippen LogP contribution in [-0.4, -0.2) is 47.4 Å². The molecule has 2 atom stereocenters. The monoisotopic (exact) mass is 654 g/mol. The number of ketones is 1. The van der Waals surface area contributed by atoms with Gasteiger partial charge in [0.2, 0.25) is 0 Å². The molecule has 0 bridgehead atoms. The number of halogens is 1. The second kappa shape index (κ2) is 12.5. The van der Waals surface area contributed by atoms with Crippen molar-refractivity contribution in [3.63, 3.8) is 0 Å². The molecular formula is C35H31ClN4O5S. The van der Waals surface area contributed by atoms with Crippen LogP contribution in [0.3, 0.4) is 0 Å². The average molecular weight is 655 g/mol. The van der Waals surface area contributed by atoms with Crippen molar-refractivity contribution in [1.29, 1.82) is 0 Å². The average Bonchev–Trinajstić information content (AvgIpc) is 3.77. The minimum atomic E-state index is -3.91. The van der Waals surface area contributed by atoms with E-state index in [4.69, 9.17) is 31.3 Å². The summed E-state index contributed by atoms with van der Waals surface area (Å²) in [5.41, 5.74) is 1.98. The summed E-state index contributed by atoms with van der Waals surface area (Å²) in [5.74, 6) is 0.191. The van der Waals surface area contributed by atoms with Gasteiger partial charge in [0.1, 0.15) is 16.6 Å². The minimum absolute atomic E-state index is 0.0160. The van der Waals surface area contributed by atoms with Crippen molar-refractivity contribution in [3.8, 4) is 11.5 Å². The van der Waals surface area contributed by atoms with Crippen molar-refractivity contribution in [2.75, 3.05) is 14.2 Å². The molecule has 234 valence electrons. The van der Waals surface area contributed by atoms with Gasteiger partial charge in [0, 0.05) is 40.9 Å². The molecule has 46 heavy (non-hydrogen) atoms. The van der Waals surface area contributed by atoms with E-state index >= 15 is 0 Å². The summed E-state index contributed by atoms with van der Waals surface area (Å²) in [7, 11) is -0.855. The lowest BCUT2D eigenvalue weighted by molar-refractivity contribution is 0.0947. The summed E-state index contributed by atoms with van der Waals surface area (Å²) in [6, 6.07) is 29.7. The first-order chi connectivity index (χ1) is 22.1. The topological polar surface area (TPSA) is 105 Å². The number of Topliss-reactive ketones (excluding diaryl/α,β-unsaturated/α-hetero) is 1. The molecular weight excluding hydrogens is 624 g/mol. The van der Waals surface area contributed by atoms with Crippen molar-refractivity contribution in [1.82, 2.24) is 19.0 Å². The molecule has 0 radical (unpaired) electrons. The van der Waals surface area contributed by atoms with Gasteiger partial charge >= 0.3 is 0 Å². The van der Waals surface area contributed by atoms with Gasteiger partial charge in [-0.3, -0.25) is 4.79 Å². The Hall–Kier alpha value is -4.93. The Balaban J connectivity index is 1.54. The molecule has 0 N–H and O–H groups in total. The third-order valence-electron chi connectivity index (χ3n) is 8.32. The molecule has 11 heteroatoms. The van der Waals surface area contributed by atoms with Crippen LogP contribution < -0.4 is 9.47 Å². The van der Waals surface area contributed by atoms with Gasteiger partial charge in [-0.2, -0.15) is 15.0 Å². The van der Waals surface area contributed by atoms with Crippen molar-refractivity contribution in [3.05, 3.63) is 137 Å². The molecule has 0 aliphatic carbocycles. The van der Waals surface area contributed by atoms with E-state index in [0.29, 0.717) is 38.7 Å². The largest absolute Gasteiger partial charge is 0.493 e. The van der Waals surface area contributed by atoms with Crippen LogP contribution in [0.2, 0.25) is 5.02 Å². The van der Waals surface area contributed by atoms with E-state index < -0.39 is 21.5 Å². The number of nitrogens with zero attached hydrogens (tertiary/aromatic N) is 4. The summed E-state index contributed by atoms with van der Waals surface area (Å²) < 4.78 is 39.3. The van der Waals surface area contributed by atoms with E-state index in [1.54, 1.807) is 77.7 Å². The number of carbonyl (C=O) groups is 1. The number of rotatable bonds is 11. The van der Waals surface area contributed by atoms with Crippen molar-refractivity contribution >= 4 is 38.4 Å². The van der Waals surface area contributed by atoms with Crippen LogP contribution in [0.25, 0.3) is 11.0 Å². The maximum Gasteiger partial charge on any atom is 0.267 e. The molecule has 0 amide bonds. The Bertz CT molecular complexity index is 2090. The van der Waals surface area contributed by atoms with E-state index in [9.17, 15) is 13.2 Å². The zero-order valence-electron chi connectivity index (χ0n) is 25.4. The third kappa shape index (κ3) is 5.65. The van der Waals surface area contributed by atoms with Gasteiger partial charge in [-0.15, -0.1) is 0 Å². The van der Waals surface area contributed by atoms with Crippen LogP contribution in [-0.2, 0) is 15.6 Å². The highest BCUT2D eigenvalue weighted by Gasteiger charge is 2.43. The second-order valence-corrected chi connectivity index (χ2v) is 13.3. The fourth-order valence-corrected chi connectivity index (χ4v) is 7.06. The third-order valence-corrected chi connectivity index (χ3v) is 10.2. The molecule has 0 saturated heterocycles. The van der Waals surface area contributed by atoms with Crippen molar-refractivity contribution < 1.29 is 22.7 Å². The molecule has 4 aromatic carbocycles. The Labute approximate surface area is 272 Å². The van der Waals surface area contributed by atoms with Gasteiger partial charge < -0.3 is 9.47 Å². The number of benzene rings is 4. The van der Waals surface area contributed by atoms with Gasteiger partial charge in [-0.1, -0.05) is 54.1 Å². The number of methoxy groups -OCH3 is 2. The molecule has 2 heterocycles. The van der Waals surface area contributed by atoms with Gasteiger partial charge in [-0.05, 0) is 73.2 Å². The highest BCUT2D eigenvalue weighted by molar-refractivity contribution is 7.90. The molecule has 6 rings (SSSR count). The summed E-state index contributed by atoms with van der Waals surface area (Å²) in [5, 5.41) is 10.3. The van der Waals surface area contributed by atoms with E-state index in [0.717, 1.165) is 5.56 Å². The van der Waals surface area contributed by atoms with Gasteiger partial charge in [0.15, 0.2) is 17.3 Å². The first-order valence-corrected chi connectivity index (χ1v) is 16.3. The predicted molar refractivity (Wildman–Crippen MR) is 176 cm³/mol. The molecule has 6 aromatic rings. The van der Waals surface area contributed by atoms with Crippen LogP contribution in [0, 0.1) is 0 Å². The minimum Gasteiger partial charge on any atom is -0.493 e. The summed E-state index contributed by atoms with van der Waals surface area (Å²) in [4.78, 5) is 15.9. The number of carbonyl (C=O) groups excluding carboxylic acids is 1. The van der Waals surface area contributed by atoms with Crippen LogP contribution in [0.4, 0.5) is 0 Å². The van der Waals surface area contributed by atoms with E-state index in [2.05, 4.69) is 0 Å². The second-order valence-electron chi connectivity index (χ2n) is 11.0. The highest BCUT2D eigenvalue weighted by Crippen LogP contribution is 2.44. The van der Waals surface area contributed by atoms with Crippen LogP contribution in [0.15, 0.2) is 120 Å². The summed E-state index contributed by atoms with van der Waals surface area (Å²) in [6.45, 7) is 1.92. The van der Waals surface area contributed by atoms with Crippen LogP contribution in [0.1, 0.15) is 40.7 Å². The van der Waals surface area contributed by atoms with E-state index in [-0.39, 0.29) is 17.1 Å². The molecule has 2 unspecified atom stereocenters. The van der Waals surface area contributed by atoms with Crippen LogP contribution in [0.5, 0.6) is 11.5 Å². The first kappa shape index (κ1) is 31.1. The van der Waals surface area contributed by atoms with Gasteiger partial charge in [0.05, 0.1) is 19.1 Å². The maximum absolute atomic E-state index is 14.1. The Morgan fingerprint density at radius 2 is 1.48 bits per heavy atom. The van der Waals surface area contributed by atoms with E-state index in [1.165, 1.54) is 24.4 Å². The Kier molecular flexibility index (Phi) is 8.41. The lowest BCUT2D eigenvalue weighted by Crippen LogP contribution is -2.41. The Morgan fingerprint density at radius 1 is 0.848 bits per heavy atom. The summed E-state index contributed by atoms with van der Waals surface area (Å²) >= 11 is 6.30. The molecule has 0 spiro atoms. The maximum atomic E-state index is 14.1. The zero-order chi connectivity index (χ0) is 32.5.